The summed E-state index contributed by atoms with van der Waals surface area (Å²) in [5.41, 5.74) is -0.219. The Kier molecular flexibility index (Phi) is 5.37. The monoisotopic (exact) mass is 359 g/mol. The predicted octanol–water partition coefficient (Wildman–Crippen LogP) is 3.08. The van der Waals surface area contributed by atoms with Crippen molar-refractivity contribution in [3.05, 3.63) is 28.0 Å². The molecule has 1 aromatic heterocycles. The fourth-order valence-corrected chi connectivity index (χ4v) is 2.51. The number of halogens is 2. The molecule has 0 radical (unpaired) electrons. The van der Waals surface area contributed by atoms with E-state index >= 15 is 0 Å². The summed E-state index contributed by atoms with van der Waals surface area (Å²) < 4.78 is 5.33. The van der Waals surface area contributed by atoms with E-state index in [1.807, 2.05) is 20.8 Å². The zero-order valence-electron chi connectivity index (χ0n) is 13.3. The number of aromatic nitrogens is 1. The van der Waals surface area contributed by atoms with Crippen molar-refractivity contribution in [3.63, 3.8) is 0 Å². The third kappa shape index (κ3) is 4.72. The lowest BCUT2D eigenvalue weighted by molar-refractivity contribution is 0.0141. The molecule has 126 valence electrons. The molecule has 0 bridgehead atoms. The number of pyridine rings is 1. The molecule has 2 rings (SSSR count). The Labute approximate surface area is 145 Å². The second-order valence-electron chi connectivity index (χ2n) is 6.25. The molecule has 0 spiro atoms. The van der Waals surface area contributed by atoms with Crippen molar-refractivity contribution in [2.24, 2.45) is 0 Å². The van der Waals surface area contributed by atoms with Gasteiger partial charge in [0.25, 0.3) is 5.91 Å². The summed E-state index contributed by atoms with van der Waals surface area (Å²) in [6.07, 6.45) is 0.989. The van der Waals surface area contributed by atoms with Gasteiger partial charge in [0.2, 0.25) is 0 Å². The van der Waals surface area contributed by atoms with Gasteiger partial charge in [0.1, 0.15) is 10.8 Å². The summed E-state index contributed by atoms with van der Waals surface area (Å²) in [6, 6.07) is 1.45. The van der Waals surface area contributed by atoms with E-state index < -0.39 is 5.60 Å². The summed E-state index contributed by atoms with van der Waals surface area (Å²) in [4.78, 5) is 31.6. The number of amides is 2. The predicted molar refractivity (Wildman–Crippen MR) is 88.0 cm³/mol. The third-order valence-corrected chi connectivity index (χ3v) is 3.78. The first kappa shape index (κ1) is 17.8. The standard InChI is InChI=1S/C15H19Cl2N3O3/c1-15(2,3)23-14(22)20-6-4-19(5-7-20)13(21)10-8-12(17)18-9-11(10)16/h8-9H,4-7H2,1-3H3. The molecular formula is C15H19Cl2N3O3. The van der Waals surface area contributed by atoms with Crippen molar-refractivity contribution < 1.29 is 14.3 Å². The van der Waals surface area contributed by atoms with E-state index in [0.29, 0.717) is 31.7 Å². The molecule has 2 heterocycles. The minimum atomic E-state index is -0.536. The second-order valence-corrected chi connectivity index (χ2v) is 7.04. The van der Waals surface area contributed by atoms with E-state index in [4.69, 9.17) is 27.9 Å². The molecule has 0 aromatic carbocycles. The minimum absolute atomic E-state index is 0.213. The molecule has 0 aliphatic carbocycles. The highest BCUT2D eigenvalue weighted by Gasteiger charge is 2.28. The molecule has 1 fully saturated rings. The summed E-state index contributed by atoms with van der Waals surface area (Å²) in [5, 5.41) is 0.471. The molecule has 8 heteroatoms. The average molecular weight is 360 g/mol. The number of rotatable bonds is 1. The molecule has 0 saturated carbocycles. The van der Waals surface area contributed by atoms with Crippen LogP contribution in [-0.2, 0) is 4.74 Å². The smallest absolute Gasteiger partial charge is 0.410 e. The lowest BCUT2D eigenvalue weighted by atomic mass is 10.2. The summed E-state index contributed by atoms with van der Waals surface area (Å²) >= 11 is 11.8. The van der Waals surface area contributed by atoms with Gasteiger partial charge in [0.15, 0.2) is 0 Å². The van der Waals surface area contributed by atoms with E-state index in [1.54, 1.807) is 9.80 Å². The van der Waals surface area contributed by atoms with Crippen LogP contribution >= 0.6 is 23.2 Å². The third-order valence-electron chi connectivity index (χ3n) is 3.27. The summed E-state index contributed by atoms with van der Waals surface area (Å²) in [5.74, 6) is -0.219. The maximum atomic E-state index is 12.5. The van der Waals surface area contributed by atoms with Crippen LogP contribution in [0.4, 0.5) is 4.79 Å². The Morgan fingerprint density at radius 3 is 2.26 bits per heavy atom. The van der Waals surface area contributed by atoms with E-state index in [2.05, 4.69) is 4.98 Å². The molecule has 0 unspecified atom stereocenters. The average Bonchev–Trinajstić information content (AvgIpc) is 2.47. The van der Waals surface area contributed by atoms with Crippen LogP contribution in [0.15, 0.2) is 12.3 Å². The van der Waals surface area contributed by atoms with Crippen LogP contribution < -0.4 is 0 Å². The Morgan fingerprint density at radius 1 is 1.13 bits per heavy atom. The first-order valence-corrected chi connectivity index (χ1v) is 8.01. The van der Waals surface area contributed by atoms with Crippen molar-refractivity contribution in [3.8, 4) is 0 Å². The van der Waals surface area contributed by atoms with E-state index in [-0.39, 0.29) is 22.2 Å². The van der Waals surface area contributed by atoms with Gasteiger partial charge in [0, 0.05) is 32.4 Å². The highest BCUT2D eigenvalue weighted by molar-refractivity contribution is 6.35. The van der Waals surface area contributed by atoms with Gasteiger partial charge in [0.05, 0.1) is 10.6 Å². The van der Waals surface area contributed by atoms with Gasteiger partial charge in [-0.1, -0.05) is 23.2 Å². The Hall–Kier alpha value is -1.53. The molecule has 1 saturated heterocycles. The molecule has 1 aromatic rings. The first-order chi connectivity index (χ1) is 10.7. The number of carbonyl (C=O) groups excluding carboxylic acids is 2. The van der Waals surface area contributed by atoms with Gasteiger partial charge in [-0.25, -0.2) is 9.78 Å². The molecular weight excluding hydrogens is 341 g/mol. The number of hydrogen-bond donors (Lipinski definition) is 0. The number of carbonyl (C=O) groups is 2. The molecule has 6 nitrogen and oxygen atoms in total. The fourth-order valence-electron chi connectivity index (χ4n) is 2.17. The largest absolute Gasteiger partial charge is 0.444 e. The fraction of sp³-hybridized carbons (Fsp3) is 0.533. The van der Waals surface area contributed by atoms with E-state index in [0.717, 1.165) is 0 Å². The quantitative estimate of drug-likeness (QED) is 0.722. The molecule has 1 aliphatic heterocycles. The van der Waals surface area contributed by atoms with Crippen LogP contribution in [0.3, 0.4) is 0 Å². The normalized spacial score (nSPS) is 15.5. The van der Waals surface area contributed by atoms with Gasteiger partial charge in [-0.2, -0.15) is 0 Å². The first-order valence-electron chi connectivity index (χ1n) is 7.25. The number of hydrogen-bond acceptors (Lipinski definition) is 4. The molecule has 0 atom stereocenters. The zero-order chi connectivity index (χ0) is 17.2. The van der Waals surface area contributed by atoms with Crippen LogP contribution in [0.1, 0.15) is 31.1 Å². The van der Waals surface area contributed by atoms with Gasteiger partial charge < -0.3 is 14.5 Å². The Balaban J connectivity index is 1.97. The maximum Gasteiger partial charge on any atom is 0.410 e. The van der Waals surface area contributed by atoms with Gasteiger partial charge in [-0.3, -0.25) is 4.79 Å². The highest BCUT2D eigenvalue weighted by Crippen LogP contribution is 2.21. The van der Waals surface area contributed by atoms with Gasteiger partial charge in [-0.05, 0) is 26.8 Å². The van der Waals surface area contributed by atoms with Crippen molar-refractivity contribution in [2.75, 3.05) is 26.2 Å². The second kappa shape index (κ2) is 6.93. The number of ether oxygens (including phenoxy) is 1. The lowest BCUT2D eigenvalue weighted by Crippen LogP contribution is -2.51. The lowest BCUT2D eigenvalue weighted by Gasteiger charge is -2.35. The van der Waals surface area contributed by atoms with E-state index in [9.17, 15) is 9.59 Å². The van der Waals surface area contributed by atoms with Crippen LogP contribution in [0.5, 0.6) is 0 Å². The van der Waals surface area contributed by atoms with Crippen molar-refractivity contribution >= 4 is 35.2 Å². The van der Waals surface area contributed by atoms with Gasteiger partial charge >= 0.3 is 6.09 Å². The van der Waals surface area contributed by atoms with Gasteiger partial charge in [-0.15, -0.1) is 0 Å². The maximum absolute atomic E-state index is 12.5. The van der Waals surface area contributed by atoms with Crippen molar-refractivity contribution in [2.45, 2.75) is 26.4 Å². The highest BCUT2D eigenvalue weighted by atomic mass is 35.5. The molecule has 0 N–H and O–H groups in total. The molecule has 1 aliphatic rings. The summed E-state index contributed by atoms with van der Waals surface area (Å²) in [6.45, 7) is 7.11. The minimum Gasteiger partial charge on any atom is -0.444 e. The van der Waals surface area contributed by atoms with Crippen LogP contribution in [0.25, 0.3) is 0 Å². The van der Waals surface area contributed by atoms with E-state index in [1.165, 1.54) is 12.3 Å². The topological polar surface area (TPSA) is 62.7 Å². The van der Waals surface area contributed by atoms with Crippen LogP contribution in [-0.4, -0.2) is 58.6 Å². The number of nitrogens with zero attached hydrogens (tertiary/aromatic N) is 3. The Bertz CT molecular complexity index is 608. The summed E-state index contributed by atoms with van der Waals surface area (Å²) in [7, 11) is 0. The van der Waals surface area contributed by atoms with Crippen LogP contribution in [0, 0.1) is 0 Å². The zero-order valence-corrected chi connectivity index (χ0v) is 14.8. The molecule has 2 amide bonds. The number of piperazine rings is 1. The Morgan fingerprint density at radius 2 is 1.70 bits per heavy atom. The SMILES string of the molecule is CC(C)(C)OC(=O)N1CCN(C(=O)c2cc(Cl)ncc2Cl)CC1. The van der Waals surface area contributed by atoms with Crippen molar-refractivity contribution in [1.29, 1.82) is 0 Å². The van der Waals surface area contributed by atoms with Crippen molar-refractivity contribution in [1.82, 2.24) is 14.8 Å². The van der Waals surface area contributed by atoms with Crippen LogP contribution in [0.2, 0.25) is 10.2 Å². The molecule has 23 heavy (non-hydrogen) atoms.